The lowest BCUT2D eigenvalue weighted by Crippen LogP contribution is -2.29. The number of carbonyl (C=O) groups is 1. The van der Waals surface area contributed by atoms with Crippen LogP contribution in [-0.4, -0.2) is 22.1 Å². The van der Waals surface area contributed by atoms with Crippen molar-refractivity contribution in [3.8, 4) is 5.88 Å². The van der Waals surface area contributed by atoms with E-state index in [4.69, 9.17) is 10.5 Å². The van der Waals surface area contributed by atoms with Crippen molar-refractivity contribution >= 4 is 23.1 Å². The van der Waals surface area contributed by atoms with Gasteiger partial charge < -0.3 is 21.1 Å². The monoisotopic (exact) mass is 543 g/mol. The third-order valence-electron chi connectivity index (χ3n) is 6.00. The number of hydrogen-bond donors (Lipinski definition) is 3. The van der Waals surface area contributed by atoms with Crippen molar-refractivity contribution in [1.82, 2.24) is 15.3 Å². The van der Waals surface area contributed by atoms with Crippen LogP contribution in [0, 0.1) is 12.7 Å². The van der Waals surface area contributed by atoms with Gasteiger partial charge in [-0.1, -0.05) is 13.0 Å². The summed E-state index contributed by atoms with van der Waals surface area (Å²) >= 11 is 0. The Morgan fingerprint density at radius 1 is 1.05 bits per heavy atom. The molecule has 0 fully saturated rings. The van der Waals surface area contributed by atoms with Crippen LogP contribution in [0.3, 0.4) is 0 Å². The molecule has 0 bridgehead atoms. The summed E-state index contributed by atoms with van der Waals surface area (Å²) < 4.78 is 60.9. The third kappa shape index (κ3) is 7.56. The Bertz CT molecular complexity index is 1400. The highest BCUT2D eigenvalue weighted by molar-refractivity contribution is 6.08. The summed E-state index contributed by atoms with van der Waals surface area (Å²) in [6.07, 6.45) is -1.68. The lowest BCUT2D eigenvalue weighted by molar-refractivity contribution is -0.112. The van der Waals surface area contributed by atoms with Crippen LogP contribution < -0.4 is 21.1 Å². The van der Waals surface area contributed by atoms with Gasteiger partial charge in [-0.25, -0.2) is 14.4 Å². The van der Waals surface area contributed by atoms with Crippen LogP contribution in [-0.2, 0) is 11.4 Å². The van der Waals surface area contributed by atoms with Gasteiger partial charge in [-0.05, 0) is 85.9 Å². The molecule has 11 heteroatoms. The number of halogens is 4. The molecule has 7 nitrogen and oxygen atoms in total. The maximum absolute atomic E-state index is 13.9. The molecule has 0 aliphatic carbocycles. The minimum atomic E-state index is -4.69. The van der Waals surface area contributed by atoms with E-state index in [2.05, 4.69) is 20.6 Å². The molecule has 0 saturated heterocycles. The first-order chi connectivity index (χ1) is 18.4. The number of alkyl halides is 3. The van der Waals surface area contributed by atoms with Crippen LogP contribution in [0.2, 0.25) is 0 Å². The fraction of sp³-hybridized carbons (Fsp3) is 0.250. The molecule has 206 valence electrons. The summed E-state index contributed by atoms with van der Waals surface area (Å²) in [6.45, 7) is 6.29. The molecule has 0 saturated carbocycles. The Kier molecular flexibility index (Phi) is 9.29. The molecule has 3 aromatic rings. The number of nitrogens with two attached hydrogens (primary N) is 1. The Balaban J connectivity index is 1.93. The maximum Gasteiger partial charge on any atom is 0.431 e. The van der Waals surface area contributed by atoms with Crippen molar-refractivity contribution < 1.29 is 27.1 Å². The summed E-state index contributed by atoms with van der Waals surface area (Å²) in [6, 6.07) is 9.95. The molecule has 0 aliphatic heterocycles. The summed E-state index contributed by atoms with van der Waals surface area (Å²) in [5, 5.41) is 5.14. The van der Waals surface area contributed by atoms with Gasteiger partial charge in [0.05, 0.1) is 5.70 Å². The number of aromatic nitrogens is 2. The van der Waals surface area contributed by atoms with Crippen LogP contribution >= 0.6 is 0 Å². The molecule has 1 amide bonds. The number of ether oxygens (including phenoxy) is 1. The Morgan fingerprint density at radius 3 is 2.33 bits per heavy atom. The molecule has 39 heavy (non-hydrogen) atoms. The molecular weight excluding hydrogens is 514 g/mol. The molecule has 0 radical (unpaired) electrons. The average molecular weight is 544 g/mol. The predicted molar refractivity (Wildman–Crippen MR) is 142 cm³/mol. The SMILES string of the molecule is CC/C(C)=C(/N/C(=C(\C)C(=O)Nc1ccc(C)c(COc2nccnc2N)c1)c1ccc(F)cc1)C(F)(F)F. The van der Waals surface area contributed by atoms with Crippen LogP contribution in [0.15, 0.2) is 71.7 Å². The molecule has 0 aliphatic rings. The van der Waals surface area contributed by atoms with E-state index in [-0.39, 0.29) is 47.1 Å². The second kappa shape index (κ2) is 12.4. The number of anilines is 2. The zero-order valence-corrected chi connectivity index (χ0v) is 21.9. The molecule has 4 N–H and O–H groups in total. The first-order valence-corrected chi connectivity index (χ1v) is 12.0. The van der Waals surface area contributed by atoms with E-state index in [1.54, 1.807) is 25.1 Å². The summed E-state index contributed by atoms with van der Waals surface area (Å²) in [5.74, 6) is -0.914. The van der Waals surface area contributed by atoms with E-state index in [0.717, 1.165) is 23.3 Å². The zero-order valence-electron chi connectivity index (χ0n) is 21.9. The van der Waals surface area contributed by atoms with Crippen molar-refractivity contribution in [1.29, 1.82) is 0 Å². The molecule has 0 atom stereocenters. The van der Waals surface area contributed by atoms with Gasteiger partial charge in [0.25, 0.3) is 11.8 Å². The molecule has 3 rings (SSSR count). The second-order valence-electron chi connectivity index (χ2n) is 8.77. The van der Waals surface area contributed by atoms with Crippen molar-refractivity contribution in [3.05, 3.63) is 94.2 Å². The van der Waals surface area contributed by atoms with Crippen molar-refractivity contribution in [3.63, 3.8) is 0 Å². The van der Waals surface area contributed by atoms with Gasteiger partial charge in [0.1, 0.15) is 18.1 Å². The van der Waals surface area contributed by atoms with E-state index in [9.17, 15) is 22.4 Å². The lowest BCUT2D eigenvalue weighted by atomic mass is 10.0. The standard InChI is InChI=1S/C28H29F4N5O2/c1-5-16(2)24(28(30,31)32)37-23(19-7-9-21(29)10-8-19)18(4)26(38)36-22-11-6-17(3)20(14-22)15-39-27-25(33)34-12-13-35-27/h6-14,37H,5,15H2,1-4H3,(H2,33,34)(H,36,38)/b23-18+,24-16+. The number of nitrogens with one attached hydrogen (secondary N) is 2. The quantitative estimate of drug-likeness (QED) is 0.217. The Labute approximate surface area is 223 Å². The van der Waals surface area contributed by atoms with E-state index in [1.165, 1.54) is 38.4 Å². The van der Waals surface area contributed by atoms with Crippen LogP contribution in [0.1, 0.15) is 43.9 Å². The van der Waals surface area contributed by atoms with E-state index in [0.29, 0.717) is 5.69 Å². The average Bonchev–Trinajstić information content (AvgIpc) is 2.89. The van der Waals surface area contributed by atoms with Crippen LogP contribution in [0.5, 0.6) is 5.88 Å². The molecule has 0 unspecified atom stereocenters. The number of aryl methyl sites for hydroxylation is 1. The summed E-state index contributed by atoms with van der Waals surface area (Å²) in [5.41, 5.74) is 6.92. The smallest absolute Gasteiger partial charge is 0.431 e. The molecule has 0 spiro atoms. The minimum absolute atomic E-state index is 0.0297. The lowest BCUT2D eigenvalue weighted by Gasteiger charge is -2.21. The van der Waals surface area contributed by atoms with Gasteiger partial charge in [-0.3, -0.25) is 4.79 Å². The number of nitrogen functional groups attached to an aromatic ring is 1. The van der Waals surface area contributed by atoms with Gasteiger partial charge in [0.15, 0.2) is 5.82 Å². The summed E-state index contributed by atoms with van der Waals surface area (Å²) in [7, 11) is 0. The van der Waals surface area contributed by atoms with Crippen molar-refractivity contribution in [2.45, 2.75) is 46.9 Å². The van der Waals surface area contributed by atoms with E-state index >= 15 is 0 Å². The highest BCUT2D eigenvalue weighted by Crippen LogP contribution is 2.31. The minimum Gasteiger partial charge on any atom is -0.470 e. The van der Waals surface area contributed by atoms with Gasteiger partial charge in [-0.15, -0.1) is 0 Å². The topological polar surface area (TPSA) is 102 Å². The van der Waals surface area contributed by atoms with Gasteiger partial charge in [0.2, 0.25) is 0 Å². The van der Waals surface area contributed by atoms with Gasteiger partial charge in [0, 0.05) is 23.7 Å². The second-order valence-corrected chi connectivity index (χ2v) is 8.77. The highest BCUT2D eigenvalue weighted by atomic mass is 19.4. The number of rotatable bonds is 9. The molecule has 2 aromatic carbocycles. The first-order valence-electron chi connectivity index (χ1n) is 12.0. The van der Waals surface area contributed by atoms with Gasteiger partial charge in [-0.2, -0.15) is 13.2 Å². The maximum atomic E-state index is 13.9. The predicted octanol–water partition coefficient (Wildman–Crippen LogP) is 6.29. The number of amides is 1. The largest absolute Gasteiger partial charge is 0.470 e. The Hall–Kier alpha value is -4.41. The first kappa shape index (κ1) is 29.2. The van der Waals surface area contributed by atoms with Gasteiger partial charge >= 0.3 is 6.18 Å². The fourth-order valence-electron chi connectivity index (χ4n) is 3.56. The third-order valence-corrected chi connectivity index (χ3v) is 6.00. The van der Waals surface area contributed by atoms with Crippen LogP contribution in [0.4, 0.5) is 29.1 Å². The number of allylic oxidation sites excluding steroid dienone is 2. The normalized spacial score (nSPS) is 12.8. The number of nitrogens with zero attached hydrogens (tertiary/aromatic N) is 2. The van der Waals surface area contributed by atoms with E-state index < -0.39 is 23.6 Å². The van der Waals surface area contributed by atoms with Crippen molar-refractivity contribution in [2.24, 2.45) is 0 Å². The number of hydrogen-bond acceptors (Lipinski definition) is 6. The summed E-state index contributed by atoms with van der Waals surface area (Å²) in [4.78, 5) is 21.2. The van der Waals surface area contributed by atoms with Crippen molar-refractivity contribution in [2.75, 3.05) is 11.1 Å². The molecular formula is C28H29F4N5O2. The zero-order chi connectivity index (χ0) is 28.7. The Morgan fingerprint density at radius 2 is 1.72 bits per heavy atom. The molecule has 1 aromatic heterocycles. The number of carbonyl (C=O) groups excluding carboxylic acids is 1. The number of benzene rings is 2. The highest BCUT2D eigenvalue weighted by Gasteiger charge is 2.36. The molecule has 1 heterocycles. The fourth-order valence-corrected chi connectivity index (χ4v) is 3.56. The van der Waals surface area contributed by atoms with E-state index in [1.807, 2.05) is 6.92 Å². The van der Waals surface area contributed by atoms with Crippen LogP contribution in [0.25, 0.3) is 5.70 Å².